The molecular weight excluding hydrogens is 339 g/mol. The summed E-state index contributed by atoms with van der Waals surface area (Å²) in [5, 5.41) is 0.933. The first-order chi connectivity index (χ1) is 11.6. The lowest BCUT2D eigenvalue weighted by molar-refractivity contribution is -0.942. The van der Waals surface area contributed by atoms with E-state index in [1.165, 1.54) is 113 Å². The van der Waals surface area contributed by atoms with Gasteiger partial charge in [0.2, 0.25) is 0 Å². The monoisotopic (exact) mass is 374 g/mol. The standard InChI is InChI=1S/C20H36Cl2N2/c21-19-15-23(11-5-17(19)6-12-23)9-3-1-2-4-10-24-13-7-18(8-14-24)20(22)16-24/h17-20H,1-16H2/q+2/t17?,18?,19-,20-,23?,24?/m1/s1. The van der Waals surface area contributed by atoms with Gasteiger partial charge in [0.15, 0.2) is 0 Å². The maximum Gasteiger partial charge on any atom is 0.0955 e. The quantitative estimate of drug-likeness (QED) is 0.355. The van der Waals surface area contributed by atoms with Crippen LogP contribution in [0.2, 0.25) is 0 Å². The van der Waals surface area contributed by atoms with E-state index in [-0.39, 0.29) is 0 Å². The smallest absolute Gasteiger partial charge is 0.0955 e. The van der Waals surface area contributed by atoms with Gasteiger partial charge in [0.1, 0.15) is 0 Å². The van der Waals surface area contributed by atoms with E-state index >= 15 is 0 Å². The van der Waals surface area contributed by atoms with Gasteiger partial charge in [-0.05, 0) is 37.5 Å². The van der Waals surface area contributed by atoms with E-state index in [9.17, 15) is 0 Å². The maximum absolute atomic E-state index is 6.57. The van der Waals surface area contributed by atoms with E-state index < -0.39 is 0 Å². The highest BCUT2D eigenvalue weighted by Crippen LogP contribution is 2.38. The van der Waals surface area contributed by atoms with Crippen molar-refractivity contribution < 1.29 is 8.97 Å². The summed E-state index contributed by atoms with van der Waals surface area (Å²) in [5.41, 5.74) is 0. The SMILES string of the molecule is Cl[C@@H]1C[N+]2(CCCCCC[N+]34CCC(CC3)[C@H](Cl)C4)CCC1CC2. The lowest BCUT2D eigenvalue weighted by Gasteiger charge is -2.51. The fourth-order valence-electron chi connectivity index (χ4n) is 6.28. The van der Waals surface area contributed by atoms with Gasteiger partial charge in [0.05, 0.1) is 63.1 Å². The van der Waals surface area contributed by atoms with Crippen LogP contribution in [0.3, 0.4) is 0 Å². The molecule has 0 radical (unpaired) electrons. The Hall–Kier alpha value is 0.500. The molecule has 0 amide bonds. The molecule has 6 aliphatic rings. The minimum Gasteiger partial charge on any atom is -0.322 e. The van der Waals surface area contributed by atoms with Crippen LogP contribution in [0, 0.1) is 11.8 Å². The Morgan fingerprint density at radius 3 is 1.29 bits per heavy atom. The highest BCUT2D eigenvalue weighted by atomic mass is 35.5. The van der Waals surface area contributed by atoms with Gasteiger partial charge in [-0.15, -0.1) is 23.2 Å². The van der Waals surface area contributed by atoms with Crippen LogP contribution in [-0.4, -0.2) is 72.1 Å². The van der Waals surface area contributed by atoms with Crippen molar-refractivity contribution in [3.8, 4) is 0 Å². The molecular formula is C20H36Cl2N2+2. The molecule has 0 unspecified atom stereocenters. The average Bonchev–Trinajstić information content (AvgIpc) is 2.59. The van der Waals surface area contributed by atoms with Crippen LogP contribution >= 0.6 is 23.2 Å². The Balaban J connectivity index is 1.14. The first-order valence-electron chi connectivity index (χ1n) is 10.6. The van der Waals surface area contributed by atoms with Crippen molar-refractivity contribution in [1.82, 2.24) is 0 Å². The first kappa shape index (κ1) is 17.9. The lowest BCUT2D eigenvalue weighted by Crippen LogP contribution is -2.62. The molecule has 0 aromatic rings. The molecule has 4 bridgehead atoms. The molecule has 6 heterocycles. The predicted octanol–water partition coefficient (Wildman–Crippen LogP) is 4.24. The van der Waals surface area contributed by atoms with Crippen molar-refractivity contribution in [2.75, 3.05) is 52.4 Å². The van der Waals surface area contributed by atoms with Crippen molar-refractivity contribution in [2.24, 2.45) is 11.8 Å². The Labute approximate surface area is 158 Å². The second kappa shape index (κ2) is 7.25. The summed E-state index contributed by atoms with van der Waals surface area (Å²) >= 11 is 13.1. The summed E-state index contributed by atoms with van der Waals surface area (Å²) in [7, 11) is 0. The van der Waals surface area contributed by atoms with Gasteiger partial charge in [-0.2, -0.15) is 0 Å². The molecule has 2 atom stereocenters. The van der Waals surface area contributed by atoms with Crippen LogP contribution in [0.15, 0.2) is 0 Å². The summed E-state index contributed by atoms with van der Waals surface area (Å²) in [4.78, 5) is 0. The molecule has 0 N–H and O–H groups in total. The van der Waals surface area contributed by atoms with E-state index in [1.807, 2.05) is 0 Å². The highest BCUT2D eigenvalue weighted by molar-refractivity contribution is 6.21. The zero-order valence-corrected chi connectivity index (χ0v) is 16.8. The van der Waals surface area contributed by atoms with Gasteiger partial charge in [-0.3, -0.25) is 0 Å². The summed E-state index contributed by atoms with van der Waals surface area (Å²) < 4.78 is 2.69. The van der Waals surface area contributed by atoms with E-state index in [4.69, 9.17) is 23.2 Å². The van der Waals surface area contributed by atoms with Gasteiger partial charge in [-0.1, -0.05) is 0 Å². The summed E-state index contributed by atoms with van der Waals surface area (Å²) in [6.07, 6.45) is 11.2. The minimum absolute atomic E-state index is 0.467. The van der Waals surface area contributed by atoms with Crippen LogP contribution in [0.25, 0.3) is 0 Å². The van der Waals surface area contributed by atoms with Crippen LogP contribution in [0.4, 0.5) is 0 Å². The summed E-state index contributed by atoms with van der Waals surface area (Å²) in [6, 6.07) is 0. The fraction of sp³-hybridized carbons (Fsp3) is 1.00. The van der Waals surface area contributed by atoms with Crippen LogP contribution < -0.4 is 0 Å². The van der Waals surface area contributed by atoms with E-state index in [2.05, 4.69) is 0 Å². The number of piperidine rings is 6. The minimum atomic E-state index is 0.467. The van der Waals surface area contributed by atoms with Crippen molar-refractivity contribution >= 4 is 23.2 Å². The van der Waals surface area contributed by atoms with Gasteiger partial charge in [-0.25, -0.2) is 0 Å². The number of fused-ring (bicyclic) bond motifs is 6. The van der Waals surface area contributed by atoms with Crippen molar-refractivity contribution in [2.45, 2.75) is 62.1 Å². The highest BCUT2D eigenvalue weighted by Gasteiger charge is 2.45. The first-order valence-corrected chi connectivity index (χ1v) is 11.5. The Morgan fingerprint density at radius 1 is 0.583 bits per heavy atom. The Morgan fingerprint density at radius 2 is 0.958 bits per heavy atom. The zero-order chi connectivity index (χ0) is 16.6. The maximum atomic E-state index is 6.57. The number of alkyl halides is 2. The second-order valence-corrected chi connectivity index (χ2v) is 10.6. The molecule has 2 nitrogen and oxygen atoms in total. The zero-order valence-electron chi connectivity index (χ0n) is 15.3. The number of unbranched alkanes of at least 4 members (excludes halogenated alkanes) is 3. The average molecular weight is 375 g/mol. The molecule has 6 aliphatic heterocycles. The third-order valence-electron chi connectivity index (χ3n) is 8.06. The number of nitrogens with zero attached hydrogens (tertiary/aromatic N) is 2. The molecule has 0 aliphatic carbocycles. The lowest BCUT2D eigenvalue weighted by atomic mass is 9.84. The molecule has 0 aromatic carbocycles. The molecule has 6 rings (SSSR count). The number of quaternary nitrogens is 2. The van der Waals surface area contributed by atoms with Crippen LogP contribution in [0.1, 0.15) is 51.4 Å². The Kier molecular flexibility index (Phi) is 5.41. The summed E-state index contributed by atoms with van der Waals surface area (Å²) in [6.45, 7) is 10.9. The van der Waals surface area contributed by atoms with Gasteiger partial charge < -0.3 is 8.97 Å². The fourth-order valence-corrected chi connectivity index (χ4v) is 7.36. The summed E-state index contributed by atoms with van der Waals surface area (Å²) in [5.74, 6) is 1.67. The predicted molar refractivity (Wildman–Crippen MR) is 103 cm³/mol. The van der Waals surface area contributed by atoms with E-state index in [0.717, 1.165) is 11.8 Å². The third-order valence-corrected chi connectivity index (χ3v) is 9.05. The second-order valence-electron chi connectivity index (χ2n) is 9.51. The Bertz CT molecular complexity index is 385. The van der Waals surface area contributed by atoms with Gasteiger partial charge >= 0.3 is 0 Å². The number of rotatable bonds is 7. The molecule has 6 saturated heterocycles. The largest absolute Gasteiger partial charge is 0.322 e. The topological polar surface area (TPSA) is 0 Å². The van der Waals surface area contributed by atoms with Gasteiger partial charge in [0, 0.05) is 25.7 Å². The number of hydrogen-bond donors (Lipinski definition) is 0. The molecule has 0 aromatic heterocycles. The normalized spacial score (nSPS) is 47.2. The molecule has 0 saturated carbocycles. The molecule has 0 spiro atoms. The molecule has 24 heavy (non-hydrogen) atoms. The molecule has 138 valence electrons. The van der Waals surface area contributed by atoms with E-state index in [0.29, 0.717) is 10.8 Å². The van der Waals surface area contributed by atoms with Crippen LogP contribution in [-0.2, 0) is 0 Å². The molecule has 6 fully saturated rings. The third kappa shape index (κ3) is 3.63. The van der Waals surface area contributed by atoms with Crippen molar-refractivity contribution in [3.63, 3.8) is 0 Å². The van der Waals surface area contributed by atoms with Crippen LogP contribution in [0.5, 0.6) is 0 Å². The van der Waals surface area contributed by atoms with Gasteiger partial charge in [0.25, 0.3) is 0 Å². The number of halogens is 2. The molecule has 4 heteroatoms. The van der Waals surface area contributed by atoms with Crippen molar-refractivity contribution in [3.05, 3.63) is 0 Å². The van der Waals surface area contributed by atoms with Crippen molar-refractivity contribution in [1.29, 1.82) is 0 Å². The van der Waals surface area contributed by atoms with E-state index in [1.54, 1.807) is 0 Å². The number of hydrogen-bond acceptors (Lipinski definition) is 0.